The lowest BCUT2D eigenvalue weighted by Crippen LogP contribution is -2.27. The van der Waals surface area contributed by atoms with Crippen LogP contribution in [0.4, 0.5) is 21.9 Å². The van der Waals surface area contributed by atoms with Crippen molar-refractivity contribution in [1.82, 2.24) is 160 Å². The Balaban J connectivity index is 0.000000113. The Labute approximate surface area is 814 Å². The van der Waals surface area contributed by atoms with Gasteiger partial charge in [-0.25, -0.2) is 44.7 Å². The highest BCUT2D eigenvalue weighted by Gasteiger charge is 2.25. The molecule has 0 atom stereocenters. The average molecular weight is 1910 g/mol. The second-order valence-corrected chi connectivity index (χ2v) is 33.9. The first-order chi connectivity index (χ1) is 69.9. The zero-order chi connectivity index (χ0) is 97.7. The maximum Gasteiger partial charge on any atom is 0.321 e. The van der Waals surface area contributed by atoms with Gasteiger partial charge in [0.15, 0.2) is 45.9 Å². The number of ketones is 1. The van der Waals surface area contributed by atoms with Crippen molar-refractivity contribution < 1.29 is 19.2 Å². The fourth-order valence-corrected chi connectivity index (χ4v) is 16.1. The Morgan fingerprint density at radius 2 is 0.706 bits per heavy atom. The molecule has 4 amide bonds. The van der Waals surface area contributed by atoms with E-state index in [2.05, 4.69) is 151 Å². The molecule has 698 valence electrons. The summed E-state index contributed by atoms with van der Waals surface area (Å²) in [6.45, 7) is 7.35. The number of carbonyl (C=O) groups is 4. The summed E-state index contributed by atoms with van der Waals surface area (Å²) in [4.78, 5) is 148. The van der Waals surface area contributed by atoms with Crippen molar-refractivity contribution >= 4 is 141 Å². The summed E-state index contributed by atoms with van der Waals surface area (Å²) >= 11 is 6.22. The number of H-pyrrole nitrogens is 8. The van der Waals surface area contributed by atoms with E-state index in [-0.39, 0.29) is 29.5 Å². The normalized spacial score (nSPS) is 11.3. The minimum absolute atomic E-state index is 0.0657. The number of rotatable bonds is 20. The molecule has 0 saturated carbocycles. The maximum absolute atomic E-state index is 12.1. The first kappa shape index (κ1) is 89.9. The fraction of sp³-hybridized carbons (Fsp3) is 0.0971. The molecule has 24 rings (SSSR count). The van der Waals surface area contributed by atoms with E-state index < -0.39 is 0 Å². The highest BCUT2D eigenvalue weighted by atomic mass is 35.5. The topological polar surface area (TPSA) is 530 Å². The number of amides is 4. The average Bonchev–Trinajstić information content (AvgIpc) is 1.63. The van der Waals surface area contributed by atoms with Gasteiger partial charge in [0.05, 0.1) is 127 Å². The molecule has 11 N–H and O–H groups in total. The Bertz CT molecular complexity index is 8920. The van der Waals surface area contributed by atoms with E-state index in [4.69, 9.17) is 31.5 Å². The van der Waals surface area contributed by atoms with Crippen LogP contribution in [0.15, 0.2) is 270 Å². The van der Waals surface area contributed by atoms with Crippen LogP contribution in [0.2, 0.25) is 5.02 Å². The first-order valence-electron chi connectivity index (χ1n) is 45.1. The SMILES string of the molecule is CC(C)C(=O)Nc1cncc(-c2cnc3n[nH]c(-c4nc5c(-c6ccccn6)cncc5[nH]4)c3c2)c1.CCC(=O)Cc1ccc(-c2cnc3n[nH]c(-c4nc5c(-c6ccccn6)cncc5[nH]4)c3c2)cn1.CCC(=O)Nc1cncc(-c2cnc3n[nH]c(-c4nc5c(-c6ccccn6)cncc5[nH]4)c3c2)c1.CN(C)C(=O)Nc1cncc(-c2cnc3n[nH]c(-c4nc5c(-c6cccc(Cl)c6)cncc5[nH]4)c3c2)c1. The van der Waals surface area contributed by atoms with Gasteiger partial charge in [0, 0.05) is 210 Å². The summed E-state index contributed by atoms with van der Waals surface area (Å²) < 4.78 is 0. The molecule has 23 heterocycles. The van der Waals surface area contributed by atoms with Gasteiger partial charge in [-0.1, -0.05) is 75.7 Å². The molecule has 0 fully saturated rings. The molecular formula is C103H80ClN35O4. The Morgan fingerprint density at radius 1 is 0.343 bits per heavy atom. The molecule has 23 aromatic heterocycles. The van der Waals surface area contributed by atoms with Crippen molar-refractivity contribution in [2.45, 2.75) is 47.0 Å². The van der Waals surface area contributed by atoms with E-state index in [0.717, 1.165) is 166 Å². The van der Waals surface area contributed by atoms with E-state index in [9.17, 15) is 19.2 Å². The maximum atomic E-state index is 12.1. The van der Waals surface area contributed by atoms with Crippen molar-refractivity contribution in [3.8, 4) is 135 Å². The zero-order valence-corrected chi connectivity index (χ0v) is 77.6. The molecule has 0 aliphatic carbocycles. The number of aromatic nitrogens is 31. The predicted molar refractivity (Wildman–Crippen MR) is 544 cm³/mol. The van der Waals surface area contributed by atoms with Crippen LogP contribution in [0.1, 0.15) is 46.2 Å². The van der Waals surface area contributed by atoms with Crippen LogP contribution in [-0.4, -0.2) is 198 Å². The quantitative estimate of drug-likeness (QED) is 0.0337. The van der Waals surface area contributed by atoms with Crippen molar-refractivity contribution in [3.63, 3.8) is 0 Å². The second kappa shape index (κ2) is 39.2. The first-order valence-corrected chi connectivity index (χ1v) is 45.4. The van der Waals surface area contributed by atoms with E-state index in [0.29, 0.717) is 104 Å². The molecule has 0 spiro atoms. The number of imidazole rings is 4. The Morgan fingerprint density at radius 3 is 1.06 bits per heavy atom. The third-order valence-corrected chi connectivity index (χ3v) is 23.6. The van der Waals surface area contributed by atoms with Crippen LogP contribution >= 0.6 is 11.6 Å². The van der Waals surface area contributed by atoms with Gasteiger partial charge in [0.2, 0.25) is 11.8 Å². The summed E-state index contributed by atoms with van der Waals surface area (Å²) in [7, 11) is 3.36. The van der Waals surface area contributed by atoms with Gasteiger partial charge >= 0.3 is 6.03 Å². The van der Waals surface area contributed by atoms with Crippen molar-refractivity contribution in [2.75, 3.05) is 30.0 Å². The lowest BCUT2D eigenvalue weighted by atomic mass is 10.1. The number of carbonyl (C=O) groups excluding carboxylic acids is 4. The molecule has 1 aromatic carbocycles. The number of urea groups is 1. The van der Waals surface area contributed by atoms with Gasteiger partial charge in [-0.2, -0.15) is 20.4 Å². The summed E-state index contributed by atoms with van der Waals surface area (Å²) in [6, 6.07) is 42.0. The number of fused-ring (bicyclic) bond motifs is 8. The molecule has 24 aromatic rings. The van der Waals surface area contributed by atoms with Crippen molar-refractivity contribution in [2.24, 2.45) is 5.92 Å². The molecule has 0 aliphatic rings. The smallest absolute Gasteiger partial charge is 0.321 e. The van der Waals surface area contributed by atoms with E-state index in [1.54, 1.807) is 157 Å². The molecular weight excluding hydrogens is 1830 g/mol. The van der Waals surface area contributed by atoms with E-state index >= 15 is 0 Å². The number of halogens is 1. The van der Waals surface area contributed by atoms with Gasteiger partial charge in [0.25, 0.3) is 0 Å². The van der Waals surface area contributed by atoms with Gasteiger partial charge < -0.3 is 40.8 Å². The van der Waals surface area contributed by atoms with Crippen LogP contribution in [0.5, 0.6) is 0 Å². The lowest BCUT2D eigenvalue weighted by Gasteiger charge is -2.12. The minimum Gasteiger partial charge on any atom is -0.335 e. The van der Waals surface area contributed by atoms with Crippen LogP contribution in [0.25, 0.3) is 224 Å². The van der Waals surface area contributed by atoms with Gasteiger partial charge in [-0.3, -0.25) is 89.6 Å². The van der Waals surface area contributed by atoms with E-state index in [1.165, 1.54) is 4.90 Å². The van der Waals surface area contributed by atoms with Gasteiger partial charge in [0.1, 0.15) is 45.1 Å². The molecule has 0 saturated heterocycles. The fourth-order valence-electron chi connectivity index (χ4n) is 16.0. The monoisotopic (exact) mass is 1910 g/mol. The lowest BCUT2D eigenvalue weighted by molar-refractivity contribution is -0.119. The van der Waals surface area contributed by atoms with Gasteiger partial charge in [-0.15, -0.1) is 0 Å². The number of nitrogens with zero attached hydrogens (tertiary/aromatic N) is 24. The highest BCUT2D eigenvalue weighted by molar-refractivity contribution is 6.31. The summed E-state index contributed by atoms with van der Waals surface area (Å²) in [6.07, 6.45) is 39.3. The van der Waals surface area contributed by atoms with E-state index in [1.807, 2.05) is 154 Å². The summed E-state index contributed by atoms with van der Waals surface area (Å²) in [5.41, 5.74) is 27.4. The number of Topliss-reactive ketones (excluding diaryl/α,β-unsaturated/α-hetero) is 1. The molecule has 0 radical (unpaired) electrons. The molecule has 39 nitrogen and oxygen atoms in total. The van der Waals surface area contributed by atoms with Gasteiger partial charge in [-0.05, 0) is 103 Å². The molecule has 143 heavy (non-hydrogen) atoms. The number of aromatic amines is 8. The number of hydrogen-bond acceptors (Lipinski definition) is 27. The van der Waals surface area contributed by atoms with Crippen molar-refractivity contribution in [3.05, 3.63) is 281 Å². The number of anilines is 3. The molecule has 0 bridgehead atoms. The predicted octanol–water partition coefficient (Wildman–Crippen LogP) is 18.9. The van der Waals surface area contributed by atoms with Crippen LogP contribution in [0, 0.1) is 5.92 Å². The molecule has 0 aliphatic heterocycles. The van der Waals surface area contributed by atoms with Crippen LogP contribution in [-0.2, 0) is 20.8 Å². The molecule has 40 heteroatoms. The third kappa shape index (κ3) is 18.9. The largest absolute Gasteiger partial charge is 0.335 e. The summed E-state index contributed by atoms with van der Waals surface area (Å²) in [5, 5.41) is 42.1. The van der Waals surface area contributed by atoms with Crippen molar-refractivity contribution in [1.29, 1.82) is 0 Å². The highest BCUT2D eigenvalue weighted by Crippen LogP contribution is 2.40. The number of benzene rings is 1. The minimum atomic E-state index is -0.235. The number of hydrogen-bond donors (Lipinski definition) is 11. The number of nitrogens with one attached hydrogen (secondary N) is 11. The Kier molecular flexibility index (Phi) is 24.7. The zero-order valence-electron chi connectivity index (χ0n) is 76.8. The molecule has 0 unspecified atom stereocenters. The Hall–Kier alpha value is -19.6. The standard InChI is InChI=1S/C26H20ClN9O.C26H21N9O.C26H20N8O.C25H19N9O/c1-36(2)26(37)31-18-7-15(9-28-11-18)16-8-19-23(34-35-24(19)30-10-16)25-32-21-13-29-12-20(22(21)33-25)14-4-3-5-17(27)6-14;1-14(2)26(36)31-17-7-15(9-27-11-17)16-8-18-23(34-35-24(18)30-10-16)25-32-21-13-28-12-19(22(21)33-25)20-5-3-4-6-29-20;1-2-18(35)10-17-7-6-15(11-29-17)16-9-19-24(33-34-25(19)30-12-16)26-31-22-14-27-13-20(23(22)32-26)21-5-3-4-8-28-21;1-2-21(35)30-16-7-14(9-26-11-16)15-8-17-23(33-34-24(17)29-10-15)25-31-20-13-27-12-18(22(20)32-25)19-5-3-4-6-28-19/h3-13H,1-2H3,(H,31,37)(H,32,33)(H,30,34,35);3-14H,1-2H3,(H,31,36)(H,32,33)(H,30,34,35);3-9,11-14H,2,10H2,1H3,(H,31,32)(H,30,33,34);3-13H,2H2,1H3,(H,30,35)(H,31,32)(H,29,33,34). The third-order valence-electron chi connectivity index (χ3n) is 23.3. The van der Waals surface area contributed by atoms with Crippen LogP contribution in [0.3, 0.4) is 0 Å². The summed E-state index contributed by atoms with van der Waals surface area (Å²) in [5.74, 6) is 2.39. The second-order valence-electron chi connectivity index (χ2n) is 33.5. The number of pyridine rings is 15. The van der Waals surface area contributed by atoms with Crippen LogP contribution < -0.4 is 16.0 Å².